The maximum atomic E-state index is 5.85. The third-order valence-electron chi connectivity index (χ3n) is 1.64. The van der Waals surface area contributed by atoms with Crippen molar-refractivity contribution in [1.29, 1.82) is 0 Å². The molecule has 1 aromatic heterocycles. The molecule has 72 valence electrons. The van der Waals surface area contributed by atoms with E-state index in [0.717, 1.165) is 15.3 Å². The van der Waals surface area contributed by atoms with Gasteiger partial charge in [-0.1, -0.05) is 22.9 Å². The fourth-order valence-electron chi connectivity index (χ4n) is 1.07. The summed E-state index contributed by atoms with van der Waals surface area (Å²) < 4.78 is 1.10. The van der Waals surface area contributed by atoms with Crippen molar-refractivity contribution in [3.05, 3.63) is 23.2 Å². The molecule has 0 spiro atoms. The Bertz CT molecular complexity index is 478. The van der Waals surface area contributed by atoms with E-state index in [1.165, 1.54) is 0 Å². The molecule has 0 fully saturated rings. The highest BCUT2D eigenvalue weighted by atomic mass is 35.5. The molecule has 0 bridgehead atoms. The second-order valence-electron chi connectivity index (χ2n) is 2.63. The largest absolute Gasteiger partial charge is 0.253 e. The molecule has 14 heavy (non-hydrogen) atoms. The normalized spacial score (nSPS) is 11.3. The van der Waals surface area contributed by atoms with Crippen LogP contribution in [0.15, 0.2) is 23.3 Å². The molecule has 0 saturated carbocycles. The standard InChI is InChI=1S/C9H8ClN3S/c1-2-11-13-9-12-7-5-6(10)3-4-8(7)14-9/h2-5H,1H3,(H,12,13)/b11-2-. The lowest BCUT2D eigenvalue weighted by molar-refractivity contribution is 1.31. The maximum Gasteiger partial charge on any atom is 0.204 e. The average Bonchev–Trinajstić information content (AvgIpc) is 2.56. The fourth-order valence-corrected chi connectivity index (χ4v) is 2.03. The van der Waals surface area contributed by atoms with Crippen LogP contribution in [0.25, 0.3) is 10.2 Å². The molecule has 0 radical (unpaired) electrons. The minimum absolute atomic E-state index is 0.702. The van der Waals surface area contributed by atoms with Crippen molar-refractivity contribution in [2.24, 2.45) is 5.10 Å². The molecule has 5 heteroatoms. The summed E-state index contributed by atoms with van der Waals surface area (Å²) >= 11 is 7.40. The van der Waals surface area contributed by atoms with Crippen molar-refractivity contribution in [3.8, 4) is 0 Å². The van der Waals surface area contributed by atoms with Crippen molar-refractivity contribution < 1.29 is 0 Å². The third kappa shape index (κ3) is 1.86. The predicted octanol–water partition coefficient (Wildman–Crippen LogP) is 3.37. The molecule has 0 unspecified atom stereocenters. The number of aromatic nitrogens is 1. The molecular weight excluding hydrogens is 218 g/mol. The lowest BCUT2D eigenvalue weighted by Crippen LogP contribution is -1.85. The lowest BCUT2D eigenvalue weighted by atomic mass is 10.3. The first-order valence-corrected chi connectivity index (χ1v) is 5.29. The lowest BCUT2D eigenvalue weighted by Gasteiger charge is -1.88. The van der Waals surface area contributed by atoms with Gasteiger partial charge in [-0.2, -0.15) is 5.10 Å². The second kappa shape index (κ2) is 3.94. The van der Waals surface area contributed by atoms with E-state index >= 15 is 0 Å². The zero-order valence-electron chi connectivity index (χ0n) is 7.49. The maximum absolute atomic E-state index is 5.85. The van der Waals surface area contributed by atoms with Gasteiger partial charge in [-0.15, -0.1) is 0 Å². The molecule has 0 saturated heterocycles. The Morgan fingerprint density at radius 1 is 1.57 bits per heavy atom. The number of nitrogens with zero attached hydrogens (tertiary/aromatic N) is 2. The molecule has 2 aromatic rings. The predicted molar refractivity (Wildman–Crippen MR) is 62.4 cm³/mol. The molecule has 2 rings (SSSR count). The number of rotatable bonds is 2. The van der Waals surface area contributed by atoms with Crippen LogP contribution >= 0.6 is 22.9 Å². The van der Waals surface area contributed by atoms with Gasteiger partial charge >= 0.3 is 0 Å². The van der Waals surface area contributed by atoms with Gasteiger partial charge in [-0.05, 0) is 25.1 Å². The Balaban J connectivity index is 2.41. The number of halogens is 1. The summed E-state index contributed by atoms with van der Waals surface area (Å²) in [5.41, 5.74) is 3.74. The molecule has 0 atom stereocenters. The van der Waals surface area contributed by atoms with Crippen molar-refractivity contribution in [2.75, 3.05) is 5.43 Å². The van der Waals surface area contributed by atoms with Crippen molar-refractivity contribution >= 4 is 44.5 Å². The fraction of sp³-hybridized carbons (Fsp3) is 0.111. The van der Waals surface area contributed by atoms with E-state index < -0.39 is 0 Å². The van der Waals surface area contributed by atoms with Crippen LogP contribution in [-0.2, 0) is 0 Å². The van der Waals surface area contributed by atoms with Gasteiger partial charge in [0.05, 0.1) is 10.2 Å². The van der Waals surface area contributed by atoms with Crippen LogP contribution in [0.5, 0.6) is 0 Å². The number of nitrogens with one attached hydrogen (secondary N) is 1. The highest BCUT2D eigenvalue weighted by Crippen LogP contribution is 2.27. The first-order chi connectivity index (χ1) is 6.79. The van der Waals surface area contributed by atoms with Gasteiger partial charge in [-0.25, -0.2) is 4.98 Å². The van der Waals surface area contributed by atoms with Gasteiger partial charge in [0.1, 0.15) is 0 Å². The SMILES string of the molecule is C/C=N\Nc1nc2cc(Cl)ccc2s1. The molecule has 0 aliphatic rings. The van der Waals surface area contributed by atoms with Crippen LogP contribution in [-0.4, -0.2) is 11.2 Å². The summed E-state index contributed by atoms with van der Waals surface area (Å²) in [5, 5.41) is 5.38. The van der Waals surface area contributed by atoms with Gasteiger partial charge < -0.3 is 0 Å². The number of hydrazone groups is 1. The van der Waals surface area contributed by atoms with E-state index in [9.17, 15) is 0 Å². The zero-order valence-corrected chi connectivity index (χ0v) is 9.06. The van der Waals surface area contributed by atoms with Gasteiger partial charge in [0, 0.05) is 11.2 Å². The van der Waals surface area contributed by atoms with E-state index in [0.29, 0.717) is 5.02 Å². The Labute approximate surface area is 90.4 Å². The van der Waals surface area contributed by atoms with Crippen LogP contribution in [0.3, 0.4) is 0 Å². The van der Waals surface area contributed by atoms with Crippen LogP contribution in [0, 0.1) is 0 Å². The smallest absolute Gasteiger partial charge is 0.204 e. The van der Waals surface area contributed by atoms with E-state index in [1.807, 2.05) is 25.1 Å². The summed E-state index contributed by atoms with van der Waals surface area (Å²) in [6.07, 6.45) is 1.68. The van der Waals surface area contributed by atoms with Gasteiger partial charge in [0.2, 0.25) is 5.13 Å². The molecule has 0 amide bonds. The topological polar surface area (TPSA) is 37.3 Å². The molecule has 0 aliphatic heterocycles. The monoisotopic (exact) mass is 225 g/mol. The minimum Gasteiger partial charge on any atom is -0.253 e. The van der Waals surface area contributed by atoms with Crippen molar-refractivity contribution in [3.63, 3.8) is 0 Å². The van der Waals surface area contributed by atoms with Crippen molar-refractivity contribution in [1.82, 2.24) is 4.98 Å². The summed E-state index contributed by atoms with van der Waals surface area (Å²) in [7, 11) is 0. The molecule has 1 aromatic carbocycles. The number of anilines is 1. The first-order valence-electron chi connectivity index (χ1n) is 4.09. The summed E-state index contributed by atoms with van der Waals surface area (Å²) in [6, 6.07) is 5.65. The number of thiazole rings is 1. The highest BCUT2D eigenvalue weighted by Gasteiger charge is 2.02. The van der Waals surface area contributed by atoms with Crippen LogP contribution in [0.2, 0.25) is 5.02 Å². The van der Waals surface area contributed by atoms with E-state index in [-0.39, 0.29) is 0 Å². The second-order valence-corrected chi connectivity index (χ2v) is 4.10. The van der Waals surface area contributed by atoms with E-state index in [1.54, 1.807) is 17.6 Å². The van der Waals surface area contributed by atoms with Crippen molar-refractivity contribution in [2.45, 2.75) is 6.92 Å². The van der Waals surface area contributed by atoms with Crippen LogP contribution in [0.1, 0.15) is 6.92 Å². The number of hydrogen-bond acceptors (Lipinski definition) is 4. The summed E-state index contributed by atoms with van der Waals surface area (Å²) in [5.74, 6) is 0. The summed E-state index contributed by atoms with van der Waals surface area (Å²) in [4.78, 5) is 4.32. The highest BCUT2D eigenvalue weighted by molar-refractivity contribution is 7.22. The zero-order chi connectivity index (χ0) is 9.97. The Morgan fingerprint density at radius 2 is 2.43 bits per heavy atom. The van der Waals surface area contributed by atoms with Crippen LogP contribution in [0.4, 0.5) is 5.13 Å². The van der Waals surface area contributed by atoms with Crippen LogP contribution < -0.4 is 5.43 Å². The molecule has 1 heterocycles. The Morgan fingerprint density at radius 3 is 3.21 bits per heavy atom. The Hall–Kier alpha value is -1.13. The summed E-state index contributed by atoms with van der Waals surface area (Å²) in [6.45, 7) is 1.84. The molecular formula is C9H8ClN3S. The molecule has 1 N–H and O–H groups in total. The molecule has 3 nitrogen and oxygen atoms in total. The average molecular weight is 226 g/mol. The van der Waals surface area contributed by atoms with E-state index in [2.05, 4.69) is 15.5 Å². The quantitative estimate of drug-likeness (QED) is 0.629. The van der Waals surface area contributed by atoms with Gasteiger partial charge in [0.15, 0.2) is 0 Å². The Kier molecular flexibility index (Phi) is 2.65. The minimum atomic E-state index is 0.702. The van der Waals surface area contributed by atoms with E-state index in [4.69, 9.17) is 11.6 Å². The number of benzene rings is 1. The molecule has 0 aliphatic carbocycles. The third-order valence-corrected chi connectivity index (χ3v) is 2.82. The van der Waals surface area contributed by atoms with Gasteiger partial charge in [-0.3, -0.25) is 5.43 Å². The first kappa shape index (κ1) is 9.43. The number of fused-ring (bicyclic) bond motifs is 1. The van der Waals surface area contributed by atoms with Gasteiger partial charge in [0.25, 0.3) is 0 Å². The number of hydrogen-bond donors (Lipinski definition) is 1.